The van der Waals surface area contributed by atoms with Crippen LogP contribution in [0.5, 0.6) is 0 Å². The van der Waals surface area contributed by atoms with Gasteiger partial charge in [0.2, 0.25) is 5.91 Å². The Labute approximate surface area is 130 Å². The van der Waals surface area contributed by atoms with E-state index in [4.69, 9.17) is 0 Å². The summed E-state index contributed by atoms with van der Waals surface area (Å²) in [5.41, 5.74) is 2.18. The average molecular weight is 298 g/mol. The van der Waals surface area contributed by atoms with E-state index >= 15 is 0 Å². The maximum Gasteiger partial charge on any atom is 0.223 e. The number of hydrogen-bond acceptors (Lipinski definition) is 3. The fourth-order valence-electron chi connectivity index (χ4n) is 2.77. The van der Waals surface area contributed by atoms with Gasteiger partial charge in [-0.25, -0.2) is 4.68 Å². The second-order valence-electron chi connectivity index (χ2n) is 5.69. The van der Waals surface area contributed by atoms with Crippen LogP contribution >= 0.6 is 0 Å². The maximum atomic E-state index is 12.1. The molecular weight excluding hydrogens is 276 g/mol. The Morgan fingerprint density at radius 1 is 1.27 bits per heavy atom. The molecule has 0 unspecified atom stereocenters. The Morgan fingerprint density at radius 2 is 2.05 bits per heavy atom. The lowest BCUT2D eigenvalue weighted by Gasteiger charge is -2.21. The van der Waals surface area contributed by atoms with E-state index in [1.165, 1.54) is 0 Å². The molecule has 1 saturated heterocycles. The molecule has 0 radical (unpaired) electrons. The number of nitrogens with zero attached hydrogens (tertiary/aromatic N) is 2. The highest BCUT2D eigenvalue weighted by Crippen LogP contribution is 2.11. The third kappa shape index (κ3) is 3.74. The van der Waals surface area contributed by atoms with Gasteiger partial charge in [0.15, 0.2) is 0 Å². The Hall–Kier alpha value is -2.14. The molecule has 0 aliphatic carbocycles. The molecule has 116 valence electrons. The first-order valence-electron chi connectivity index (χ1n) is 7.90. The lowest BCUT2D eigenvalue weighted by atomic mass is 9.97. The van der Waals surface area contributed by atoms with Crippen LogP contribution in [0.25, 0.3) is 5.69 Å². The predicted octanol–water partition coefficient (Wildman–Crippen LogP) is 1.53. The van der Waals surface area contributed by atoms with Gasteiger partial charge in [0.1, 0.15) is 0 Å². The Bertz CT molecular complexity index is 602. The standard InChI is InChI=1S/C17H22N4O/c22-17(15-7-9-18-10-8-15)19-11-6-14-12-20-21(13-14)16-4-2-1-3-5-16/h1-5,12-13,15,18H,6-11H2,(H,19,22). The molecule has 0 saturated carbocycles. The summed E-state index contributed by atoms with van der Waals surface area (Å²) >= 11 is 0. The van der Waals surface area contributed by atoms with Crippen LogP contribution < -0.4 is 10.6 Å². The summed E-state index contributed by atoms with van der Waals surface area (Å²) in [6.45, 7) is 2.56. The summed E-state index contributed by atoms with van der Waals surface area (Å²) in [5, 5.41) is 10.7. The molecule has 1 aliphatic rings. The van der Waals surface area contributed by atoms with Crippen LogP contribution in [0, 0.1) is 5.92 Å². The Kier molecular flexibility index (Phi) is 4.85. The van der Waals surface area contributed by atoms with E-state index in [9.17, 15) is 4.79 Å². The minimum Gasteiger partial charge on any atom is -0.356 e. The van der Waals surface area contributed by atoms with Gasteiger partial charge in [-0.05, 0) is 50.0 Å². The average Bonchev–Trinajstić information content (AvgIpc) is 3.05. The second kappa shape index (κ2) is 7.22. The first kappa shape index (κ1) is 14.8. The molecule has 2 aromatic rings. The third-order valence-corrected chi connectivity index (χ3v) is 4.08. The summed E-state index contributed by atoms with van der Waals surface area (Å²) in [6.07, 6.45) is 6.58. The molecule has 22 heavy (non-hydrogen) atoms. The highest BCUT2D eigenvalue weighted by molar-refractivity contribution is 5.78. The third-order valence-electron chi connectivity index (χ3n) is 4.08. The molecule has 1 amide bonds. The first-order chi connectivity index (χ1) is 10.8. The highest BCUT2D eigenvalue weighted by Gasteiger charge is 2.20. The van der Waals surface area contributed by atoms with Crippen LogP contribution in [-0.4, -0.2) is 35.3 Å². The predicted molar refractivity (Wildman–Crippen MR) is 85.9 cm³/mol. The van der Waals surface area contributed by atoms with Crippen molar-refractivity contribution in [1.82, 2.24) is 20.4 Å². The van der Waals surface area contributed by atoms with Crippen molar-refractivity contribution in [2.45, 2.75) is 19.3 Å². The van der Waals surface area contributed by atoms with E-state index in [-0.39, 0.29) is 11.8 Å². The SMILES string of the molecule is O=C(NCCc1cnn(-c2ccccc2)c1)C1CCNCC1. The lowest BCUT2D eigenvalue weighted by molar-refractivity contribution is -0.125. The highest BCUT2D eigenvalue weighted by atomic mass is 16.1. The molecule has 1 aromatic heterocycles. The van der Waals surface area contributed by atoms with Crippen molar-refractivity contribution in [3.63, 3.8) is 0 Å². The van der Waals surface area contributed by atoms with Gasteiger partial charge in [-0.15, -0.1) is 0 Å². The smallest absolute Gasteiger partial charge is 0.223 e. The molecular formula is C17H22N4O. The molecule has 1 aromatic carbocycles. The number of hydrogen-bond donors (Lipinski definition) is 2. The number of para-hydroxylation sites is 1. The molecule has 2 heterocycles. The van der Waals surface area contributed by atoms with E-state index in [1.807, 2.05) is 47.4 Å². The number of carbonyl (C=O) groups is 1. The topological polar surface area (TPSA) is 59.0 Å². The van der Waals surface area contributed by atoms with Gasteiger partial charge in [0.25, 0.3) is 0 Å². The van der Waals surface area contributed by atoms with Crippen LogP contribution in [0.15, 0.2) is 42.7 Å². The van der Waals surface area contributed by atoms with Gasteiger partial charge in [0.05, 0.1) is 11.9 Å². The van der Waals surface area contributed by atoms with Gasteiger partial charge in [0, 0.05) is 18.7 Å². The summed E-state index contributed by atoms with van der Waals surface area (Å²) in [5.74, 6) is 0.366. The molecule has 3 rings (SSSR count). The monoisotopic (exact) mass is 298 g/mol. The summed E-state index contributed by atoms with van der Waals surface area (Å²) in [7, 11) is 0. The van der Waals surface area contributed by atoms with Gasteiger partial charge in [-0.2, -0.15) is 5.10 Å². The molecule has 5 heteroatoms. The van der Waals surface area contributed by atoms with Crippen LogP contribution in [0.4, 0.5) is 0 Å². The van der Waals surface area contributed by atoms with Crippen molar-refractivity contribution >= 4 is 5.91 Å². The zero-order valence-corrected chi connectivity index (χ0v) is 12.7. The number of aromatic nitrogens is 2. The summed E-state index contributed by atoms with van der Waals surface area (Å²) in [6, 6.07) is 10.0. The zero-order chi connectivity index (χ0) is 15.2. The van der Waals surface area contributed by atoms with E-state index in [2.05, 4.69) is 15.7 Å². The molecule has 0 atom stereocenters. The number of rotatable bonds is 5. The van der Waals surface area contributed by atoms with E-state index in [0.29, 0.717) is 6.54 Å². The fourth-order valence-corrected chi connectivity index (χ4v) is 2.77. The van der Waals surface area contributed by atoms with Crippen LogP contribution in [0.3, 0.4) is 0 Å². The fraction of sp³-hybridized carbons (Fsp3) is 0.412. The molecule has 1 fully saturated rings. The molecule has 2 N–H and O–H groups in total. The normalized spacial score (nSPS) is 15.6. The first-order valence-corrected chi connectivity index (χ1v) is 7.90. The van der Waals surface area contributed by atoms with Crippen molar-refractivity contribution in [2.75, 3.05) is 19.6 Å². The lowest BCUT2D eigenvalue weighted by Crippen LogP contribution is -2.38. The number of nitrogens with one attached hydrogen (secondary N) is 2. The van der Waals surface area contributed by atoms with E-state index in [1.54, 1.807) is 0 Å². The Morgan fingerprint density at radius 3 is 2.82 bits per heavy atom. The molecule has 5 nitrogen and oxygen atoms in total. The summed E-state index contributed by atoms with van der Waals surface area (Å²) < 4.78 is 1.87. The van der Waals surface area contributed by atoms with E-state index in [0.717, 1.165) is 43.6 Å². The van der Waals surface area contributed by atoms with Crippen LogP contribution in [0.1, 0.15) is 18.4 Å². The number of benzene rings is 1. The van der Waals surface area contributed by atoms with Crippen molar-refractivity contribution < 1.29 is 4.79 Å². The van der Waals surface area contributed by atoms with Crippen molar-refractivity contribution in [3.8, 4) is 5.69 Å². The van der Waals surface area contributed by atoms with Crippen LogP contribution in [0.2, 0.25) is 0 Å². The van der Waals surface area contributed by atoms with Gasteiger partial charge < -0.3 is 10.6 Å². The maximum absolute atomic E-state index is 12.1. The zero-order valence-electron chi connectivity index (χ0n) is 12.7. The van der Waals surface area contributed by atoms with E-state index < -0.39 is 0 Å². The number of amides is 1. The minimum atomic E-state index is 0.174. The number of carbonyl (C=O) groups excluding carboxylic acids is 1. The van der Waals surface area contributed by atoms with Gasteiger partial charge in [-0.1, -0.05) is 18.2 Å². The molecule has 0 bridgehead atoms. The van der Waals surface area contributed by atoms with Crippen molar-refractivity contribution in [1.29, 1.82) is 0 Å². The molecule has 1 aliphatic heterocycles. The van der Waals surface area contributed by atoms with Gasteiger partial charge in [-0.3, -0.25) is 4.79 Å². The summed E-state index contributed by atoms with van der Waals surface area (Å²) in [4.78, 5) is 12.1. The van der Waals surface area contributed by atoms with Crippen LogP contribution in [-0.2, 0) is 11.2 Å². The quantitative estimate of drug-likeness (QED) is 0.880. The molecule has 0 spiro atoms. The largest absolute Gasteiger partial charge is 0.356 e. The second-order valence-corrected chi connectivity index (χ2v) is 5.69. The van der Waals surface area contributed by atoms with Crippen molar-refractivity contribution in [3.05, 3.63) is 48.3 Å². The minimum absolute atomic E-state index is 0.174. The number of piperidine rings is 1. The van der Waals surface area contributed by atoms with Crippen molar-refractivity contribution in [2.24, 2.45) is 5.92 Å². The Balaban J connectivity index is 1.48. The van der Waals surface area contributed by atoms with Gasteiger partial charge >= 0.3 is 0 Å².